The van der Waals surface area contributed by atoms with Crippen molar-refractivity contribution < 1.29 is 9.15 Å². The number of rotatable bonds is 5. The summed E-state index contributed by atoms with van der Waals surface area (Å²) in [5, 5.41) is 5.15. The van der Waals surface area contributed by atoms with Crippen molar-refractivity contribution in [1.82, 2.24) is 19.3 Å². The molecule has 0 N–H and O–H groups in total. The summed E-state index contributed by atoms with van der Waals surface area (Å²) >= 11 is 0. The summed E-state index contributed by atoms with van der Waals surface area (Å²) < 4.78 is 14.7. The van der Waals surface area contributed by atoms with Crippen LogP contribution in [-0.4, -0.2) is 25.9 Å². The normalized spacial score (nSPS) is 11.4. The molecule has 7 nitrogen and oxygen atoms in total. The van der Waals surface area contributed by atoms with Crippen LogP contribution in [-0.2, 0) is 13.6 Å². The minimum atomic E-state index is -0.375. The van der Waals surface area contributed by atoms with E-state index < -0.39 is 0 Å². The SMILES string of the molecule is Cc1ccc2c(c1)oc(=O)n2CCOc1ccnc2cc(-c3cnn(C)c3)ccc12. The van der Waals surface area contributed by atoms with Crippen molar-refractivity contribution in [3.8, 4) is 16.9 Å². The first-order valence-electron chi connectivity index (χ1n) is 9.69. The van der Waals surface area contributed by atoms with Gasteiger partial charge in [-0.1, -0.05) is 12.1 Å². The van der Waals surface area contributed by atoms with Crippen molar-refractivity contribution in [3.63, 3.8) is 0 Å². The lowest BCUT2D eigenvalue weighted by Crippen LogP contribution is -2.18. The smallest absolute Gasteiger partial charge is 0.420 e. The van der Waals surface area contributed by atoms with Gasteiger partial charge in [0.2, 0.25) is 0 Å². The van der Waals surface area contributed by atoms with Gasteiger partial charge in [-0.3, -0.25) is 14.2 Å². The maximum atomic E-state index is 12.2. The van der Waals surface area contributed by atoms with Gasteiger partial charge in [0.1, 0.15) is 12.4 Å². The highest BCUT2D eigenvalue weighted by Gasteiger charge is 2.11. The molecule has 0 atom stereocenters. The van der Waals surface area contributed by atoms with Gasteiger partial charge < -0.3 is 9.15 Å². The van der Waals surface area contributed by atoms with Crippen LogP contribution in [0.25, 0.3) is 33.1 Å². The molecular weight excluding hydrogens is 380 g/mol. The third kappa shape index (κ3) is 3.24. The number of aryl methyl sites for hydroxylation is 2. The molecule has 0 spiro atoms. The molecule has 150 valence electrons. The molecule has 30 heavy (non-hydrogen) atoms. The highest BCUT2D eigenvalue weighted by molar-refractivity contribution is 5.88. The predicted octanol–water partition coefficient (Wildman–Crippen LogP) is 3.93. The Morgan fingerprint density at radius 1 is 1.10 bits per heavy atom. The molecule has 0 amide bonds. The maximum absolute atomic E-state index is 12.2. The molecular formula is C23H20N4O3. The van der Waals surface area contributed by atoms with Crippen LogP contribution >= 0.6 is 0 Å². The number of benzene rings is 2. The number of hydrogen-bond donors (Lipinski definition) is 0. The molecule has 0 aliphatic carbocycles. The Kier molecular flexibility index (Phi) is 4.35. The van der Waals surface area contributed by atoms with Crippen LogP contribution in [0.2, 0.25) is 0 Å². The lowest BCUT2D eigenvalue weighted by molar-refractivity contribution is 0.297. The second-order valence-corrected chi connectivity index (χ2v) is 7.28. The van der Waals surface area contributed by atoms with Crippen LogP contribution in [0.4, 0.5) is 0 Å². The van der Waals surface area contributed by atoms with Crippen LogP contribution in [0.3, 0.4) is 0 Å². The van der Waals surface area contributed by atoms with Gasteiger partial charge in [0, 0.05) is 30.4 Å². The second kappa shape index (κ2) is 7.18. The average Bonchev–Trinajstić information content (AvgIpc) is 3.30. The fourth-order valence-electron chi connectivity index (χ4n) is 3.63. The van der Waals surface area contributed by atoms with E-state index in [0.29, 0.717) is 18.7 Å². The van der Waals surface area contributed by atoms with Crippen LogP contribution in [0.5, 0.6) is 5.75 Å². The molecule has 2 aromatic carbocycles. The highest BCUT2D eigenvalue weighted by Crippen LogP contribution is 2.28. The number of oxazole rings is 1. The molecule has 0 unspecified atom stereocenters. The van der Waals surface area contributed by atoms with Crippen molar-refractivity contribution in [2.24, 2.45) is 7.05 Å². The molecule has 3 aromatic heterocycles. The fraction of sp³-hybridized carbons (Fsp3) is 0.174. The second-order valence-electron chi connectivity index (χ2n) is 7.28. The van der Waals surface area contributed by atoms with Crippen molar-refractivity contribution in [2.75, 3.05) is 6.61 Å². The van der Waals surface area contributed by atoms with E-state index in [0.717, 1.165) is 38.9 Å². The summed E-state index contributed by atoms with van der Waals surface area (Å²) in [5.74, 6) is 0.356. The molecule has 0 aliphatic heterocycles. The number of ether oxygens (including phenoxy) is 1. The topological polar surface area (TPSA) is 75.1 Å². The Bertz CT molecular complexity index is 1430. The monoisotopic (exact) mass is 400 g/mol. The average molecular weight is 400 g/mol. The van der Waals surface area contributed by atoms with Crippen LogP contribution in [0.15, 0.2) is 70.3 Å². The van der Waals surface area contributed by atoms with Gasteiger partial charge in [-0.15, -0.1) is 0 Å². The van der Waals surface area contributed by atoms with E-state index in [9.17, 15) is 4.79 Å². The summed E-state index contributed by atoms with van der Waals surface area (Å²) in [4.78, 5) is 16.7. The first-order valence-corrected chi connectivity index (χ1v) is 9.69. The van der Waals surface area contributed by atoms with Crippen molar-refractivity contribution >= 4 is 22.0 Å². The maximum Gasteiger partial charge on any atom is 0.420 e. The molecule has 0 fully saturated rings. The quantitative estimate of drug-likeness (QED) is 0.447. The molecule has 7 heteroatoms. The van der Waals surface area contributed by atoms with Crippen molar-refractivity contribution in [2.45, 2.75) is 13.5 Å². The third-order valence-corrected chi connectivity index (χ3v) is 5.14. The number of aromatic nitrogens is 4. The number of nitrogens with zero attached hydrogens (tertiary/aromatic N) is 4. The first-order chi connectivity index (χ1) is 14.6. The summed E-state index contributed by atoms with van der Waals surface area (Å²) in [6.07, 6.45) is 5.53. The van der Waals surface area contributed by atoms with Crippen LogP contribution in [0.1, 0.15) is 5.56 Å². The molecule has 0 radical (unpaired) electrons. The van der Waals surface area contributed by atoms with Gasteiger partial charge in [-0.25, -0.2) is 4.79 Å². The van der Waals surface area contributed by atoms with Gasteiger partial charge in [0.15, 0.2) is 5.58 Å². The zero-order valence-electron chi connectivity index (χ0n) is 16.7. The van der Waals surface area contributed by atoms with E-state index in [-0.39, 0.29) is 5.76 Å². The van der Waals surface area contributed by atoms with E-state index in [1.165, 1.54) is 0 Å². The Labute approximate surface area is 172 Å². The van der Waals surface area contributed by atoms with Crippen molar-refractivity contribution in [1.29, 1.82) is 0 Å². The summed E-state index contributed by atoms with van der Waals surface area (Å²) in [6.45, 7) is 2.70. The molecule has 0 saturated heterocycles. The minimum Gasteiger partial charge on any atom is -0.491 e. The summed E-state index contributed by atoms with van der Waals surface area (Å²) in [7, 11) is 1.89. The first kappa shape index (κ1) is 18.2. The number of fused-ring (bicyclic) bond motifs is 2. The fourth-order valence-corrected chi connectivity index (χ4v) is 3.63. The zero-order valence-corrected chi connectivity index (χ0v) is 16.7. The standard InChI is InChI=1S/C23H20N4O3/c1-15-3-6-20-22(11-15)30-23(28)27(20)9-10-29-21-7-8-24-19-12-16(4-5-18(19)21)17-13-25-26(2)14-17/h3-8,11-14H,9-10H2,1-2H3. The molecule has 0 aliphatic rings. The largest absolute Gasteiger partial charge is 0.491 e. The van der Waals surface area contributed by atoms with E-state index >= 15 is 0 Å². The Balaban J connectivity index is 1.38. The van der Waals surface area contributed by atoms with Crippen LogP contribution < -0.4 is 10.5 Å². The Morgan fingerprint density at radius 3 is 2.83 bits per heavy atom. The summed E-state index contributed by atoms with van der Waals surface area (Å²) in [5.41, 5.74) is 5.34. The molecule has 0 bridgehead atoms. The Hall–Kier alpha value is -3.87. The van der Waals surface area contributed by atoms with E-state index in [1.807, 2.05) is 68.8 Å². The highest BCUT2D eigenvalue weighted by atomic mass is 16.5. The van der Waals surface area contributed by atoms with E-state index in [2.05, 4.69) is 10.1 Å². The van der Waals surface area contributed by atoms with Gasteiger partial charge >= 0.3 is 5.76 Å². The predicted molar refractivity (Wildman–Crippen MR) is 115 cm³/mol. The number of pyridine rings is 1. The minimum absolute atomic E-state index is 0.339. The van der Waals surface area contributed by atoms with Crippen LogP contribution in [0, 0.1) is 6.92 Å². The van der Waals surface area contributed by atoms with Gasteiger partial charge in [-0.05, 0) is 48.4 Å². The molecule has 3 heterocycles. The lowest BCUT2D eigenvalue weighted by atomic mass is 10.1. The van der Waals surface area contributed by atoms with Gasteiger partial charge in [-0.2, -0.15) is 5.10 Å². The molecule has 5 aromatic rings. The Morgan fingerprint density at radius 2 is 2.00 bits per heavy atom. The molecule has 0 saturated carbocycles. The lowest BCUT2D eigenvalue weighted by Gasteiger charge is -2.10. The summed E-state index contributed by atoms with van der Waals surface area (Å²) in [6, 6.07) is 13.6. The molecule has 5 rings (SSSR count). The van der Waals surface area contributed by atoms with E-state index in [4.69, 9.17) is 9.15 Å². The van der Waals surface area contributed by atoms with Crippen molar-refractivity contribution in [3.05, 3.63) is 77.2 Å². The van der Waals surface area contributed by atoms with Gasteiger partial charge in [0.05, 0.1) is 23.8 Å². The third-order valence-electron chi connectivity index (χ3n) is 5.14. The number of hydrogen-bond acceptors (Lipinski definition) is 5. The zero-order chi connectivity index (χ0) is 20.7. The van der Waals surface area contributed by atoms with Gasteiger partial charge in [0.25, 0.3) is 0 Å². The van der Waals surface area contributed by atoms with E-state index in [1.54, 1.807) is 15.4 Å².